The Labute approximate surface area is 69.3 Å². The lowest BCUT2D eigenvalue weighted by atomic mass is 10.3. The van der Waals surface area contributed by atoms with Crippen molar-refractivity contribution in [1.29, 1.82) is 0 Å². The standard InChI is InChI=1S/C8H7O4/c1-11-6-2-4-7(5-3-6)12-8(9)10/h2-5H,1H3. The van der Waals surface area contributed by atoms with Crippen LogP contribution in [0.5, 0.6) is 11.5 Å². The first-order valence-corrected chi connectivity index (χ1v) is 3.25. The van der Waals surface area contributed by atoms with E-state index in [1.807, 2.05) is 0 Å². The number of methoxy groups -OCH3 is 1. The molecule has 0 atom stereocenters. The monoisotopic (exact) mass is 167 g/mol. The van der Waals surface area contributed by atoms with Crippen LogP contribution in [-0.4, -0.2) is 13.3 Å². The SMILES string of the molecule is COc1ccc(OC([O])=O)cc1. The summed E-state index contributed by atoms with van der Waals surface area (Å²) in [5.74, 6) is 0.858. The molecule has 1 radical (unpaired) electrons. The molecule has 0 unspecified atom stereocenters. The minimum atomic E-state index is -1.57. The minimum absolute atomic E-state index is 0.218. The van der Waals surface area contributed by atoms with E-state index in [-0.39, 0.29) is 5.75 Å². The van der Waals surface area contributed by atoms with E-state index in [2.05, 4.69) is 4.74 Å². The summed E-state index contributed by atoms with van der Waals surface area (Å²) in [5, 5.41) is 9.96. The van der Waals surface area contributed by atoms with Gasteiger partial charge in [-0.15, -0.1) is 0 Å². The highest BCUT2D eigenvalue weighted by molar-refractivity contribution is 5.60. The van der Waals surface area contributed by atoms with E-state index in [1.165, 1.54) is 19.2 Å². The number of carbonyl (C=O) groups excluding carboxylic acids is 1. The topological polar surface area (TPSA) is 55.4 Å². The Hall–Kier alpha value is -1.71. The van der Waals surface area contributed by atoms with Gasteiger partial charge in [0, 0.05) is 0 Å². The van der Waals surface area contributed by atoms with Crippen LogP contribution in [-0.2, 0) is 5.11 Å². The van der Waals surface area contributed by atoms with Crippen molar-refractivity contribution in [1.82, 2.24) is 0 Å². The number of hydrogen-bond donors (Lipinski definition) is 0. The molecule has 0 aliphatic rings. The summed E-state index contributed by atoms with van der Waals surface area (Å²) in [5.41, 5.74) is 0. The van der Waals surface area contributed by atoms with Gasteiger partial charge in [0.2, 0.25) is 0 Å². The lowest BCUT2D eigenvalue weighted by molar-refractivity contribution is 0.117. The molecule has 4 nitrogen and oxygen atoms in total. The maximum atomic E-state index is 9.96. The zero-order valence-electron chi connectivity index (χ0n) is 6.44. The van der Waals surface area contributed by atoms with Gasteiger partial charge in [-0.2, -0.15) is 9.90 Å². The number of carbonyl (C=O) groups is 1. The molecule has 63 valence electrons. The third-order valence-corrected chi connectivity index (χ3v) is 1.26. The van der Waals surface area contributed by atoms with E-state index < -0.39 is 6.16 Å². The Morgan fingerprint density at radius 1 is 1.17 bits per heavy atom. The van der Waals surface area contributed by atoms with Crippen molar-refractivity contribution >= 4 is 6.16 Å². The van der Waals surface area contributed by atoms with Gasteiger partial charge in [0.1, 0.15) is 11.5 Å². The summed E-state index contributed by atoms with van der Waals surface area (Å²) in [6.07, 6.45) is -1.57. The molecule has 0 fully saturated rings. The minimum Gasteiger partial charge on any atom is -0.497 e. The highest BCUT2D eigenvalue weighted by atomic mass is 16.7. The van der Waals surface area contributed by atoms with E-state index >= 15 is 0 Å². The van der Waals surface area contributed by atoms with Gasteiger partial charge >= 0.3 is 6.16 Å². The highest BCUT2D eigenvalue weighted by Crippen LogP contribution is 2.16. The first-order valence-electron chi connectivity index (χ1n) is 3.25. The number of benzene rings is 1. The smallest absolute Gasteiger partial charge is 0.497 e. The van der Waals surface area contributed by atoms with Gasteiger partial charge in [-0.05, 0) is 24.3 Å². The lowest BCUT2D eigenvalue weighted by Gasteiger charge is -2.00. The molecule has 0 N–H and O–H groups in total. The van der Waals surface area contributed by atoms with Crippen LogP contribution in [0.25, 0.3) is 0 Å². The van der Waals surface area contributed by atoms with Crippen LogP contribution in [0.1, 0.15) is 0 Å². The van der Waals surface area contributed by atoms with Gasteiger partial charge in [0.25, 0.3) is 0 Å². The van der Waals surface area contributed by atoms with Gasteiger partial charge < -0.3 is 9.47 Å². The fourth-order valence-electron chi connectivity index (χ4n) is 0.740. The second kappa shape index (κ2) is 3.61. The zero-order valence-corrected chi connectivity index (χ0v) is 6.44. The fourth-order valence-corrected chi connectivity index (χ4v) is 0.740. The molecule has 0 bridgehead atoms. The Balaban J connectivity index is 2.71. The molecular formula is C8H7O4. The van der Waals surface area contributed by atoms with E-state index in [1.54, 1.807) is 12.1 Å². The summed E-state index contributed by atoms with van der Waals surface area (Å²) < 4.78 is 9.12. The van der Waals surface area contributed by atoms with Crippen molar-refractivity contribution in [3.8, 4) is 11.5 Å². The Bertz CT molecular complexity index is 265. The second-order valence-electron chi connectivity index (χ2n) is 2.03. The van der Waals surface area contributed by atoms with E-state index in [0.717, 1.165) is 0 Å². The molecular weight excluding hydrogens is 160 g/mol. The third-order valence-electron chi connectivity index (χ3n) is 1.26. The van der Waals surface area contributed by atoms with E-state index in [4.69, 9.17) is 4.74 Å². The van der Waals surface area contributed by atoms with Crippen LogP contribution in [0.3, 0.4) is 0 Å². The number of hydrogen-bond acceptors (Lipinski definition) is 3. The van der Waals surface area contributed by atoms with Crippen LogP contribution < -0.4 is 9.47 Å². The van der Waals surface area contributed by atoms with E-state index in [0.29, 0.717) is 5.75 Å². The Morgan fingerprint density at radius 2 is 1.67 bits per heavy atom. The van der Waals surface area contributed by atoms with Crippen LogP contribution in [0.4, 0.5) is 4.79 Å². The van der Waals surface area contributed by atoms with Crippen LogP contribution >= 0.6 is 0 Å². The summed E-state index contributed by atoms with van der Waals surface area (Å²) in [7, 11) is 1.52. The molecule has 1 aromatic rings. The molecule has 0 heterocycles. The normalized spacial score (nSPS) is 9.08. The molecule has 0 saturated heterocycles. The summed E-state index contributed by atoms with van der Waals surface area (Å²) in [4.78, 5) is 9.96. The van der Waals surface area contributed by atoms with Gasteiger partial charge in [-0.25, -0.2) is 0 Å². The molecule has 0 saturated carbocycles. The van der Waals surface area contributed by atoms with Gasteiger partial charge in [-0.3, -0.25) is 0 Å². The molecule has 0 amide bonds. The summed E-state index contributed by atoms with van der Waals surface area (Å²) >= 11 is 0. The van der Waals surface area contributed by atoms with Crippen LogP contribution in [0.15, 0.2) is 24.3 Å². The largest absolute Gasteiger partial charge is 0.555 e. The molecule has 1 rings (SSSR count). The van der Waals surface area contributed by atoms with Crippen LogP contribution in [0.2, 0.25) is 0 Å². The Morgan fingerprint density at radius 3 is 2.08 bits per heavy atom. The van der Waals surface area contributed by atoms with Crippen molar-refractivity contribution in [3.05, 3.63) is 24.3 Å². The zero-order chi connectivity index (χ0) is 8.97. The highest BCUT2D eigenvalue weighted by Gasteiger charge is 2.01. The van der Waals surface area contributed by atoms with Crippen molar-refractivity contribution in [2.75, 3.05) is 7.11 Å². The molecule has 12 heavy (non-hydrogen) atoms. The maximum absolute atomic E-state index is 9.96. The molecule has 1 aromatic carbocycles. The maximum Gasteiger partial charge on any atom is 0.555 e. The second-order valence-corrected chi connectivity index (χ2v) is 2.03. The Kier molecular flexibility index (Phi) is 2.53. The van der Waals surface area contributed by atoms with Crippen molar-refractivity contribution in [2.45, 2.75) is 0 Å². The fraction of sp³-hybridized carbons (Fsp3) is 0.125. The number of ether oxygens (including phenoxy) is 2. The molecule has 0 aliphatic heterocycles. The third kappa shape index (κ3) is 2.16. The average Bonchev–Trinajstić information content (AvgIpc) is 2.05. The quantitative estimate of drug-likeness (QED) is 0.496. The molecule has 0 aromatic heterocycles. The molecule has 0 aliphatic carbocycles. The molecule has 4 heteroatoms. The first kappa shape index (κ1) is 8.39. The first-order chi connectivity index (χ1) is 5.72. The van der Waals surface area contributed by atoms with Gasteiger partial charge in [-0.1, -0.05) is 0 Å². The van der Waals surface area contributed by atoms with Crippen molar-refractivity contribution in [2.24, 2.45) is 0 Å². The molecule has 0 spiro atoms. The summed E-state index contributed by atoms with van der Waals surface area (Å²) in [6, 6.07) is 6.15. The van der Waals surface area contributed by atoms with Crippen molar-refractivity contribution in [3.63, 3.8) is 0 Å². The predicted molar refractivity (Wildman–Crippen MR) is 39.7 cm³/mol. The number of rotatable bonds is 2. The van der Waals surface area contributed by atoms with E-state index in [9.17, 15) is 9.90 Å². The summed E-state index contributed by atoms with van der Waals surface area (Å²) in [6.45, 7) is 0. The van der Waals surface area contributed by atoms with Gasteiger partial charge in [0.05, 0.1) is 7.11 Å². The average molecular weight is 167 g/mol. The predicted octanol–water partition coefficient (Wildman–Crippen LogP) is 1.62. The lowest BCUT2D eigenvalue weighted by Crippen LogP contribution is -2.00. The van der Waals surface area contributed by atoms with Crippen LogP contribution in [0, 0.1) is 0 Å². The van der Waals surface area contributed by atoms with Gasteiger partial charge in [0.15, 0.2) is 0 Å². The van der Waals surface area contributed by atoms with Crippen molar-refractivity contribution < 1.29 is 19.4 Å².